The average Bonchev–Trinajstić information content (AvgIpc) is 2.93. The number of aliphatic carboxylic acids is 1. The number of carboxylic acids is 1. The van der Waals surface area contributed by atoms with E-state index >= 15 is 0 Å². The molecule has 1 saturated heterocycles. The fourth-order valence-electron chi connectivity index (χ4n) is 3.17. The van der Waals surface area contributed by atoms with Gasteiger partial charge >= 0.3 is 11.9 Å². The van der Waals surface area contributed by atoms with Gasteiger partial charge in [-0.25, -0.2) is 4.79 Å². The Kier molecular flexibility index (Phi) is 5.45. The highest BCUT2D eigenvalue weighted by Gasteiger charge is 2.54. The van der Waals surface area contributed by atoms with E-state index in [0.717, 1.165) is 16.3 Å². The lowest BCUT2D eigenvalue weighted by Crippen LogP contribution is -2.70. The molecule has 150 valence electrons. The van der Waals surface area contributed by atoms with Gasteiger partial charge in [0, 0.05) is 23.9 Å². The number of aromatic nitrogens is 2. The number of β-lactam (4-membered cyclic amide) rings is 1. The van der Waals surface area contributed by atoms with Gasteiger partial charge in [-0.2, -0.15) is 5.10 Å². The molecule has 2 atom stereocenters. The molecule has 0 unspecified atom stereocenters. The zero-order valence-corrected chi connectivity index (χ0v) is 16.4. The van der Waals surface area contributed by atoms with Crippen molar-refractivity contribution in [3.8, 4) is 0 Å². The van der Waals surface area contributed by atoms with E-state index in [-0.39, 0.29) is 30.5 Å². The zero-order chi connectivity index (χ0) is 20.6. The van der Waals surface area contributed by atoms with Crippen molar-refractivity contribution in [3.05, 3.63) is 28.7 Å². The fraction of sp³-hybridized carbons (Fsp3) is 0.471. The summed E-state index contributed by atoms with van der Waals surface area (Å²) >= 11 is 1.32. The van der Waals surface area contributed by atoms with E-state index in [1.807, 2.05) is 19.9 Å². The molecule has 2 N–H and O–H groups in total. The third-order valence-corrected chi connectivity index (χ3v) is 5.75. The Bertz CT molecular complexity index is 892. The van der Waals surface area contributed by atoms with Crippen LogP contribution in [0.1, 0.15) is 18.3 Å². The third-order valence-electron chi connectivity index (χ3n) is 4.41. The summed E-state index contributed by atoms with van der Waals surface area (Å²) in [5.41, 5.74) is 1.78. The molecule has 0 saturated carbocycles. The van der Waals surface area contributed by atoms with Gasteiger partial charge in [0.25, 0.3) is 5.91 Å². The number of nitrogens with one attached hydrogen (secondary N) is 1. The van der Waals surface area contributed by atoms with E-state index in [2.05, 4.69) is 10.4 Å². The van der Waals surface area contributed by atoms with Gasteiger partial charge in [-0.15, -0.1) is 11.8 Å². The first kappa shape index (κ1) is 19.9. The minimum atomic E-state index is -1.27. The summed E-state index contributed by atoms with van der Waals surface area (Å²) in [5, 5.41) is 15.9. The SMILES string of the molecule is CC(=O)OCC1=C(C(=O)O)N2C(=O)[C@@H](NC(=O)Cn3nc(C)cc3C)[C@H]2SC1. The van der Waals surface area contributed by atoms with Gasteiger partial charge in [0.05, 0.1) is 5.69 Å². The lowest BCUT2D eigenvalue weighted by Gasteiger charge is -2.49. The third kappa shape index (κ3) is 3.75. The van der Waals surface area contributed by atoms with Gasteiger partial charge in [0.15, 0.2) is 0 Å². The van der Waals surface area contributed by atoms with Crippen LogP contribution >= 0.6 is 11.8 Å². The van der Waals surface area contributed by atoms with Gasteiger partial charge in [-0.1, -0.05) is 0 Å². The number of rotatable bonds is 6. The molecule has 2 aliphatic rings. The second kappa shape index (κ2) is 7.66. The highest BCUT2D eigenvalue weighted by molar-refractivity contribution is 8.00. The van der Waals surface area contributed by atoms with Crippen molar-refractivity contribution >= 4 is 35.5 Å². The highest BCUT2D eigenvalue weighted by Crippen LogP contribution is 2.40. The summed E-state index contributed by atoms with van der Waals surface area (Å²) in [6, 6.07) is 1.04. The maximum absolute atomic E-state index is 12.5. The van der Waals surface area contributed by atoms with Crippen LogP contribution in [0, 0.1) is 13.8 Å². The van der Waals surface area contributed by atoms with E-state index in [9.17, 15) is 24.3 Å². The molecule has 3 rings (SSSR count). The molecular formula is C17H20N4O6S. The number of fused-ring (bicyclic) bond motifs is 1. The summed E-state index contributed by atoms with van der Waals surface area (Å²) in [4.78, 5) is 48.6. The lowest BCUT2D eigenvalue weighted by molar-refractivity contribution is -0.151. The number of nitrogens with zero attached hydrogens (tertiary/aromatic N) is 3. The number of aryl methyl sites for hydroxylation is 2. The van der Waals surface area contributed by atoms with Crippen molar-refractivity contribution in [2.75, 3.05) is 12.4 Å². The summed E-state index contributed by atoms with van der Waals surface area (Å²) in [5.74, 6) is -2.40. The number of ether oxygens (including phenoxy) is 1. The average molecular weight is 408 g/mol. The minimum Gasteiger partial charge on any atom is -0.477 e. The maximum atomic E-state index is 12.5. The summed E-state index contributed by atoms with van der Waals surface area (Å²) in [7, 11) is 0. The van der Waals surface area contributed by atoms with Crippen LogP contribution < -0.4 is 5.32 Å². The van der Waals surface area contributed by atoms with Crippen molar-refractivity contribution in [2.45, 2.75) is 38.7 Å². The van der Waals surface area contributed by atoms with E-state index in [1.165, 1.54) is 18.7 Å². The first-order valence-electron chi connectivity index (χ1n) is 8.52. The Balaban J connectivity index is 1.69. The number of carboxylic acid groups (broad SMARTS) is 1. The van der Waals surface area contributed by atoms with Gasteiger partial charge in [-0.3, -0.25) is 24.0 Å². The molecule has 0 bridgehead atoms. The number of carbonyl (C=O) groups is 4. The predicted molar refractivity (Wildman–Crippen MR) is 98.0 cm³/mol. The molecule has 28 heavy (non-hydrogen) atoms. The van der Waals surface area contributed by atoms with Crippen LogP contribution in [0.5, 0.6) is 0 Å². The number of hydrogen-bond donors (Lipinski definition) is 2. The van der Waals surface area contributed by atoms with Crippen molar-refractivity contribution in [1.29, 1.82) is 0 Å². The predicted octanol–water partition coefficient (Wildman–Crippen LogP) is -0.198. The second-order valence-electron chi connectivity index (χ2n) is 6.58. The van der Waals surface area contributed by atoms with Gasteiger partial charge in [0.1, 0.15) is 30.3 Å². The van der Waals surface area contributed by atoms with Gasteiger partial charge < -0.3 is 15.2 Å². The van der Waals surface area contributed by atoms with E-state index in [1.54, 1.807) is 4.68 Å². The molecule has 0 aromatic carbocycles. The van der Waals surface area contributed by atoms with Crippen LogP contribution in [-0.2, 0) is 30.5 Å². The topological polar surface area (TPSA) is 131 Å². The van der Waals surface area contributed by atoms with Crippen LogP contribution in [0.25, 0.3) is 0 Å². The Hall–Kier alpha value is -2.82. The monoisotopic (exact) mass is 408 g/mol. The molecule has 3 heterocycles. The molecule has 10 nitrogen and oxygen atoms in total. The van der Waals surface area contributed by atoms with Crippen LogP contribution in [0.4, 0.5) is 0 Å². The Morgan fingerprint density at radius 2 is 2.11 bits per heavy atom. The molecule has 0 aliphatic carbocycles. The number of esters is 1. The van der Waals surface area contributed by atoms with Gasteiger partial charge in [0.2, 0.25) is 5.91 Å². The number of hydrogen-bond acceptors (Lipinski definition) is 7. The van der Waals surface area contributed by atoms with E-state index < -0.39 is 29.3 Å². The van der Waals surface area contributed by atoms with E-state index in [4.69, 9.17) is 4.74 Å². The van der Waals surface area contributed by atoms with Crippen LogP contribution in [0.2, 0.25) is 0 Å². The van der Waals surface area contributed by atoms with Crippen molar-refractivity contribution in [2.24, 2.45) is 0 Å². The lowest BCUT2D eigenvalue weighted by atomic mass is 10.0. The van der Waals surface area contributed by atoms with Crippen molar-refractivity contribution in [1.82, 2.24) is 20.0 Å². The van der Waals surface area contributed by atoms with Crippen LogP contribution in [0.15, 0.2) is 17.3 Å². The molecule has 2 amide bonds. The maximum Gasteiger partial charge on any atom is 0.352 e. The standard InChI is InChI=1S/C17H20N4O6S/c1-8-4-9(2)20(19-8)5-12(23)18-13-15(24)21-14(17(25)26)11(6-27-10(3)22)7-28-16(13)21/h4,13,16H,5-7H2,1-3H3,(H,18,23)(H,25,26)/t13-,16-/m1/s1. The van der Waals surface area contributed by atoms with Crippen molar-refractivity contribution < 1.29 is 29.0 Å². The summed E-state index contributed by atoms with van der Waals surface area (Å²) < 4.78 is 6.43. The fourth-order valence-corrected chi connectivity index (χ4v) is 4.50. The molecule has 11 heteroatoms. The second-order valence-corrected chi connectivity index (χ2v) is 7.68. The van der Waals surface area contributed by atoms with Gasteiger partial charge in [-0.05, 0) is 19.9 Å². The van der Waals surface area contributed by atoms with E-state index in [0.29, 0.717) is 5.57 Å². The molecule has 1 aromatic heterocycles. The first-order valence-corrected chi connectivity index (χ1v) is 9.57. The zero-order valence-electron chi connectivity index (χ0n) is 15.6. The number of amides is 2. The Morgan fingerprint density at radius 3 is 2.68 bits per heavy atom. The molecule has 0 spiro atoms. The Morgan fingerprint density at radius 1 is 1.39 bits per heavy atom. The highest BCUT2D eigenvalue weighted by atomic mass is 32.2. The molecular weight excluding hydrogens is 388 g/mol. The quantitative estimate of drug-likeness (QED) is 0.489. The largest absolute Gasteiger partial charge is 0.477 e. The first-order chi connectivity index (χ1) is 13.2. The molecule has 1 aromatic rings. The normalized spacial score (nSPS) is 21.1. The number of carbonyl (C=O) groups excluding carboxylic acids is 3. The Labute approximate surface area is 164 Å². The van der Waals surface area contributed by atoms with Crippen molar-refractivity contribution in [3.63, 3.8) is 0 Å². The molecule has 0 radical (unpaired) electrons. The smallest absolute Gasteiger partial charge is 0.352 e. The van der Waals surface area contributed by atoms with Crippen LogP contribution in [-0.4, -0.2) is 67.3 Å². The minimum absolute atomic E-state index is 0.0276. The summed E-state index contributed by atoms with van der Waals surface area (Å²) in [6.45, 7) is 4.66. The number of thioether (sulfide) groups is 1. The van der Waals surface area contributed by atoms with Crippen LogP contribution in [0.3, 0.4) is 0 Å². The summed E-state index contributed by atoms with van der Waals surface area (Å²) in [6.07, 6.45) is 0. The molecule has 1 fully saturated rings. The molecule has 2 aliphatic heterocycles.